The highest BCUT2D eigenvalue weighted by Crippen LogP contribution is 2.60. The molecular formula is C20H23F3N2O2. The number of amides is 1. The second-order valence-corrected chi connectivity index (χ2v) is 9.01. The molecule has 2 heterocycles. The number of hydrogen-bond acceptors (Lipinski definition) is 3. The van der Waals surface area contributed by atoms with Crippen LogP contribution in [-0.2, 0) is 11.0 Å². The van der Waals surface area contributed by atoms with E-state index in [1.54, 1.807) is 0 Å². The van der Waals surface area contributed by atoms with E-state index in [0.29, 0.717) is 30.8 Å². The molecule has 4 aliphatic carbocycles. The van der Waals surface area contributed by atoms with Crippen LogP contribution in [0.4, 0.5) is 13.2 Å². The lowest BCUT2D eigenvalue weighted by atomic mass is 9.49. The van der Waals surface area contributed by atoms with Gasteiger partial charge < -0.3 is 9.64 Å². The van der Waals surface area contributed by atoms with E-state index in [1.807, 2.05) is 4.90 Å². The third-order valence-corrected chi connectivity index (χ3v) is 6.93. The summed E-state index contributed by atoms with van der Waals surface area (Å²) in [6.07, 6.45) is 2.18. The van der Waals surface area contributed by atoms with Crippen molar-refractivity contribution in [1.82, 2.24) is 9.88 Å². The monoisotopic (exact) mass is 380 g/mol. The van der Waals surface area contributed by atoms with Crippen LogP contribution in [0.15, 0.2) is 18.2 Å². The molecule has 27 heavy (non-hydrogen) atoms. The van der Waals surface area contributed by atoms with Crippen LogP contribution in [0.25, 0.3) is 0 Å². The maximum Gasteiger partial charge on any atom is 0.433 e. The number of rotatable bonds is 3. The summed E-state index contributed by atoms with van der Waals surface area (Å²) in [6.45, 7) is 0.886. The molecule has 1 aromatic heterocycles. The van der Waals surface area contributed by atoms with Crippen molar-refractivity contribution in [2.24, 2.45) is 23.2 Å². The average Bonchev–Trinajstić information content (AvgIpc) is 2.55. The van der Waals surface area contributed by atoms with Gasteiger partial charge in [0.15, 0.2) is 0 Å². The lowest BCUT2D eigenvalue weighted by Crippen LogP contribution is -2.62. The van der Waals surface area contributed by atoms with Gasteiger partial charge in [-0.2, -0.15) is 13.2 Å². The van der Waals surface area contributed by atoms with Crippen LogP contribution < -0.4 is 4.74 Å². The molecule has 7 heteroatoms. The van der Waals surface area contributed by atoms with Gasteiger partial charge in [0.05, 0.1) is 18.5 Å². The lowest BCUT2D eigenvalue weighted by Gasteiger charge is -2.57. The Labute approximate surface area is 156 Å². The summed E-state index contributed by atoms with van der Waals surface area (Å²) in [4.78, 5) is 18.5. The second kappa shape index (κ2) is 5.85. The van der Waals surface area contributed by atoms with Gasteiger partial charge in [0, 0.05) is 6.07 Å². The van der Waals surface area contributed by atoms with Crippen molar-refractivity contribution in [3.05, 3.63) is 23.9 Å². The fourth-order valence-corrected chi connectivity index (χ4v) is 6.20. The SMILES string of the molecule is O=C(N1CC(Oc2cccc(C(F)(F)F)n2)C1)C12CC3CC(CC(C3)C1)C2. The van der Waals surface area contributed by atoms with E-state index < -0.39 is 11.9 Å². The van der Waals surface area contributed by atoms with Gasteiger partial charge in [-0.1, -0.05) is 6.07 Å². The Bertz CT molecular complexity index is 723. The molecule has 0 aromatic carbocycles. The van der Waals surface area contributed by atoms with Gasteiger partial charge in [-0.3, -0.25) is 4.79 Å². The first-order valence-electron chi connectivity index (χ1n) is 9.81. The predicted octanol–water partition coefficient (Wildman–Crippen LogP) is 3.91. The highest BCUT2D eigenvalue weighted by Gasteiger charge is 2.56. The minimum Gasteiger partial charge on any atom is -0.471 e. The molecular weight excluding hydrogens is 357 g/mol. The number of alkyl halides is 3. The summed E-state index contributed by atoms with van der Waals surface area (Å²) >= 11 is 0. The van der Waals surface area contributed by atoms with Crippen LogP contribution >= 0.6 is 0 Å². The summed E-state index contributed by atoms with van der Waals surface area (Å²) in [5.74, 6) is 2.35. The zero-order valence-electron chi connectivity index (χ0n) is 15.0. The molecule has 5 aliphatic rings. The molecule has 4 bridgehead atoms. The normalized spacial score (nSPS) is 35.2. The number of pyridine rings is 1. The Morgan fingerprint density at radius 3 is 2.22 bits per heavy atom. The Morgan fingerprint density at radius 1 is 1.07 bits per heavy atom. The molecule has 0 N–H and O–H groups in total. The molecule has 6 rings (SSSR count). The first kappa shape index (κ1) is 17.3. The number of nitrogens with zero attached hydrogens (tertiary/aromatic N) is 2. The zero-order valence-corrected chi connectivity index (χ0v) is 15.0. The van der Waals surface area contributed by atoms with E-state index in [9.17, 15) is 18.0 Å². The molecule has 4 saturated carbocycles. The van der Waals surface area contributed by atoms with Gasteiger partial charge in [0.2, 0.25) is 11.8 Å². The zero-order chi connectivity index (χ0) is 18.8. The number of carbonyl (C=O) groups is 1. The number of likely N-dealkylation sites (tertiary alicyclic amines) is 1. The molecule has 146 valence electrons. The lowest BCUT2D eigenvalue weighted by molar-refractivity contribution is -0.166. The van der Waals surface area contributed by atoms with E-state index in [4.69, 9.17) is 4.74 Å². The van der Waals surface area contributed by atoms with Gasteiger partial charge in [-0.15, -0.1) is 0 Å². The van der Waals surface area contributed by atoms with Crippen molar-refractivity contribution in [1.29, 1.82) is 0 Å². The Balaban J connectivity index is 1.21. The first-order valence-corrected chi connectivity index (χ1v) is 9.81. The molecule has 0 atom stereocenters. The van der Waals surface area contributed by atoms with E-state index >= 15 is 0 Å². The van der Waals surface area contributed by atoms with E-state index in [0.717, 1.165) is 25.3 Å². The average molecular weight is 380 g/mol. The molecule has 0 radical (unpaired) electrons. The summed E-state index contributed by atoms with van der Waals surface area (Å²) in [5.41, 5.74) is -1.13. The third kappa shape index (κ3) is 2.99. The van der Waals surface area contributed by atoms with Gasteiger partial charge >= 0.3 is 6.18 Å². The number of aromatic nitrogens is 1. The summed E-state index contributed by atoms with van der Waals surface area (Å²) < 4.78 is 43.9. The summed E-state index contributed by atoms with van der Waals surface area (Å²) in [5, 5.41) is 0. The summed E-state index contributed by atoms with van der Waals surface area (Å²) in [6, 6.07) is 3.65. The number of carbonyl (C=O) groups excluding carboxylic acids is 1. The fourth-order valence-electron chi connectivity index (χ4n) is 6.20. The molecule has 4 nitrogen and oxygen atoms in total. The van der Waals surface area contributed by atoms with Crippen LogP contribution in [0.2, 0.25) is 0 Å². The van der Waals surface area contributed by atoms with Crippen molar-refractivity contribution in [3.8, 4) is 5.88 Å². The Morgan fingerprint density at radius 2 is 1.67 bits per heavy atom. The molecule has 1 aliphatic heterocycles. The second-order valence-electron chi connectivity index (χ2n) is 9.01. The van der Waals surface area contributed by atoms with Crippen LogP contribution in [-0.4, -0.2) is 35.0 Å². The van der Waals surface area contributed by atoms with Crippen molar-refractivity contribution in [2.75, 3.05) is 13.1 Å². The smallest absolute Gasteiger partial charge is 0.433 e. The van der Waals surface area contributed by atoms with Crippen LogP contribution in [0.5, 0.6) is 5.88 Å². The van der Waals surface area contributed by atoms with Crippen LogP contribution in [0.3, 0.4) is 0 Å². The largest absolute Gasteiger partial charge is 0.471 e. The van der Waals surface area contributed by atoms with E-state index in [2.05, 4.69) is 4.98 Å². The van der Waals surface area contributed by atoms with Gasteiger partial charge in [0.1, 0.15) is 11.8 Å². The summed E-state index contributed by atoms with van der Waals surface area (Å²) in [7, 11) is 0. The number of halogens is 3. The van der Waals surface area contributed by atoms with Gasteiger partial charge in [-0.25, -0.2) is 4.98 Å². The van der Waals surface area contributed by atoms with Gasteiger partial charge in [0.25, 0.3) is 0 Å². The molecule has 5 fully saturated rings. The van der Waals surface area contributed by atoms with Crippen molar-refractivity contribution >= 4 is 5.91 Å². The van der Waals surface area contributed by atoms with E-state index in [-0.39, 0.29) is 23.3 Å². The van der Waals surface area contributed by atoms with Crippen LogP contribution in [0.1, 0.15) is 44.2 Å². The standard InChI is InChI=1S/C20H23F3N2O2/c21-20(22,23)16-2-1-3-17(24-16)27-15-10-25(11-15)18(26)19-7-12-4-13(8-19)6-14(5-12)9-19/h1-3,12-15H,4-11H2. The van der Waals surface area contributed by atoms with E-state index in [1.165, 1.54) is 31.4 Å². The first-order chi connectivity index (χ1) is 12.8. The Hall–Kier alpha value is -1.79. The molecule has 0 unspecified atom stereocenters. The minimum atomic E-state index is -4.49. The van der Waals surface area contributed by atoms with Crippen molar-refractivity contribution in [2.45, 2.75) is 50.8 Å². The maximum atomic E-state index is 13.2. The maximum absolute atomic E-state index is 13.2. The minimum absolute atomic E-state index is 0.0308. The van der Waals surface area contributed by atoms with Crippen molar-refractivity contribution < 1.29 is 22.7 Å². The molecule has 1 amide bonds. The van der Waals surface area contributed by atoms with Crippen LogP contribution in [0, 0.1) is 23.2 Å². The predicted molar refractivity (Wildman–Crippen MR) is 90.8 cm³/mol. The number of ether oxygens (including phenoxy) is 1. The molecule has 1 aromatic rings. The highest BCUT2D eigenvalue weighted by atomic mass is 19.4. The highest BCUT2D eigenvalue weighted by molar-refractivity contribution is 5.84. The topological polar surface area (TPSA) is 42.4 Å². The third-order valence-electron chi connectivity index (χ3n) is 6.93. The Kier molecular flexibility index (Phi) is 3.75. The quantitative estimate of drug-likeness (QED) is 0.799. The fraction of sp³-hybridized carbons (Fsp3) is 0.700. The van der Waals surface area contributed by atoms with Gasteiger partial charge in [-0.05, 0) is 62.3 Å². The molecule has 0 spiro atoms. The molecule has 1 saturated heterocycles. The number of hydrogen-bond donors (Lipinski definition) is 0. The van der Waals surface area contributed by atoms with Crippen molar-refractivity contribution in [3.63, 3.8) is 0 Å².